The van der Waals surface area contributed by atoms with Crippen molar-refractivity contribution in [2.45, 2.75) is 26.7 Å². The number of hydrogen-bond donors (Lipinski definition) is 1. The monoisotopic (exact) mass is 459 g/mol. The minimum Gasteiger partial charge on any atom is -0.489 e. The van der Waals surface area contributed by atoms with Gasteiger partial charge in [0.25, 0.3) is 5.91 Å². The third kappa shape index (κ3) is 5.81. The van der Waals surface area contributed by atoms with Crippen LogP contribution in [0.2, 0.25) is 0 Å². The molecule has 0 saturated heterocycles. The van der Waals surface area contributed by atoms with Crippen LogP contribution < -0.4 is 10.1 Å². The number of ether oxygens (including phenoxy) is 3. The van der Waals surface area contributed by atoms with E-state index >= 15 is 0 Å². The van der Waals surface area contributed by atoms with Gasteiger partial charge in [0.2, 0.25) is 0 Å². The molecule has 3 aromatic carbocycles. The van der Waals surface area contributed by atoms with Crippen LogP contribution in [0, 0.1) is 0 Å². The minimum atomic E-state index is -0.457. The predicted molar refractivity (Wildman–Crippen MR) is 131 cm³/mol. The maximum absolute atomic E-state index is 12.6. The van der Waals surface area contributed by atoms with Gasteiger partial charge in [0.15, 0.2) is 6.29 Å². The number of rotatable bonds is 11. The standard InChI is InChI=1S/C27H29N3O4/c1-3-32-26(33-4-2)17-28-27(31)21-10-15-25-24(16-21)29-19-30(25)22-11-13-23(14-12-22)34-18-20-8-6-5-7-9-20/h5-16,19,26H,3-4,17-18H2,1-2H3,(H,28,31). The number of aromatic nitrogens is 2. The Hall–Kier alpha value is -3.68. The molecule has 1 N–H and O–H groups in total. The zero-order valence-electron chi connectivity index (χ0n) is 19.4. The first-order valence-electron chi connectivity index (χ1n) is 11.4. The average molecular weight is 460 g/mol. The quantitative estimate of drug-likeness (QED) is 0.328. The van der Waals surface area contributed by atoms with E-state index in [-0.39, 0.29) is 12.5 Å². The molecule has 0 saturated carbocycles. The number of carbonyl (C=O) groups excluding carboxylic acids is 1. The molecule has 0 aliphatic carbocycles. The largest absolute Gasteiger partial charge is 0.489 e. The van der Waals surface area contributed by atoms with Crippen molar-refractivity contribution in [2.75, 3.05) is 19.8 Å². The van der Waals surface area contributed by atoms with Gasteiger partial charge in [-0.1, -0.05) is 30.3 Å². The Morgan fingerprint density at radius 3 is 2.41 bits per heavy atom. The Morgan fingerprint density at radius 2 is 1.71 bits per heavy atom. The van der Waals surface area contributed by atoms with E-state index in [2.05, 4.69) is 10.3 Å². The van der Waals surface area contributed by atoms with Crippen LogP contribution >= 0.6 is 0 Å². The molecule has 1 heterocycles. The molecule has 4 aromatic rings. The molecule has 0 atom stereocenters. The van der Waals surface area contributed by atoms with Crippen molar-refractivity contribution in [2.24, 2.45) is 0 Å². The van der Waals surface area contributed by atoms with E-state index in [1.54, 1.807) is 18.5 Å². The van der Waals surface area contributed by atoms with E-state index < -0.39 is 6.29 Å². The molecule has 34 heavy (non-hydrogen) atoms. The lowest BCUT2D eigenvalue weighted by atomic mass is 10.2. The first-order valence-corrected chi connectivity index (χ1v) is 11.4. The number of imidazole rings is 1. The second kappa shape index (κ2) is 11.4. The lowest BCUT2D eigenvalue weighted by Gasteiger charge is -2.17. The highest BCUT2D eigenvalue weighted by molar-refractivity contribution is 5.97. The van der Waals surface area contributed by atoms with Crippen LogP contribution in [0.1, 0.15) is 29.8 Å². The number of amides is 1. The topological polar surface area (TPSA) is 74.6 Å². The molecule has 1 amide bonds. The number of carbonyl (C=O) groups is 1. The highest BCUT2D eigenvalue weighted by Gasteiger charge is 2.13. The highest BCUT2D eigenvalue weighted by Crippen LogP contribution is 2.22. The summed E-state index contributed by atoms with van der Waals surface area (Å²) in [4.78, 5) is 17.1. The fraction of sp³-hybridized carbons (Fsp3) is 0.259. The summed E-state index contributed by atoms with van der Waals surface area (Å²) in [7, 11) is 0. The van der Waals surface area contributed by atoms with Crippen LogP contribution in [0.25, 0.3) is 16.7 Å². The summed E-state index contributed by atoms with van der Waals surface area (Å²) in [5, 5.41) is 2.86. The van der Waals surface area contributed by atoms with Crippen molar-refractivity contribution in [3.8, 4) is 11.4 Å². The second-order valence-electron chi connectivity index (χ2n) is 7.64. The van der Waals surface area contributed by atoms with Crippen LogP contribution in [0.4, 0.5) is 0 Å². The first kappa shape index (κ1) is 23.5. The Kier molecular flexibility index (Phi) is 7.91. The highest BCUT2D eigenvalue weighted by atomic mass is 16.7. The molecular weight excluding hydrogens is 430 g/mol. The summed E-state index contributed by atoms with van der Waals surface area (Å²) in [6.45, 7) is 5.63. The minimum absolute atomic E-state index is 0.194. The average Bonchev–Trinajstić information content (AvgIpc) is 3.30. The molecule has 1 aromatic heterocycles. The fourth-order valence-corrected chi connectivity index (χ4v) is 3.62. The molecule has 0 unspecified atom stereocenters. The second-order valence-corrected chi connectivity index (χ2v) is 7.64. The molecule has 0 bridgehead atoms. The van der Waals surface area contributed by atoms with E-state index in [4.69, 9.17) is 14.2 Å². The molecular formula is C27H29N3O4. The van der Waals surface area contributed by atoms with Crippen LogP contribution in [0.3, 0.4) is 0 Å². The summed E-state index contributed by atoms with van der Waals surface area (Å²) >= 11 is 0. The van der Waals surface area contributed by atoms with Gasteiger partial charge in [0, 0.05) is 24.5 Å². The lowest BCUT2D eigenvalue weighted by Crippen LogP contribution is -2.35. The number of benzene rings is 3. The number of nitrogens with zero attached hydrogens (tertiary/aromatic N) is 2. The molecule has 0 fully saturated rings. The predicted octanol–water partition coefficient (Wildman–Crippen LogP) is 4.73. The maximum Gasteiger partial charge on any atom is 0.251 e. The third-order valence-electron chi connectivity index (χ3n) is 5.31. The van der Waals surface area contributed by atoms with Crippen molar-refractivity contribution < 1.29 is 19.0 Å². The zero-order valence-corrected chi connectivity index (χ0v) is 19.4. The fourth-order valence-electron chi connectivity index (χ4n) is 3.62. The Labute approximate surface area is 199 Å². The Bertz CT molecular complexity index is 1200. The molecule has 0 radical (unpaired) electrons. The van der Waals surface area contributed by atoms with Gasteiger partial charge in [-0.25, -0.2) is 4.98 Å². The van der Waals surface area contributed by atoms with Gasteiger partial charge in [-0.15, -0.1) is 0 Å². The van der Waals surface area contributed by atoms with E-state index in [1.807, 2.05) is 79.1 Å². The molecule has 7 nitrogen and oxygen atoms in total. The maximum atomic E-state index is 12.6. The van der Waals surface area contributed by atoms with Crippen molar-refractivity contribution >= 4 is 16.9 Å². The first-order chi connectivity index (χ1) is 16.7. The van der Waals surface area contributed by atoms with Crippen LogP contribution in [-0.4, -0.2) is 41.5 Å². The number of hydrogen-bond acceptors (Lipinski definition) is 5. The summed E-state index contributed by atoms with van der Waals surface area (Å²) in [6.07, 6.45) is 1.30. The van der Waals surface area contributed by atoms with E-state index in [1.165, 1.54) is 0 Å². The Balaban J connectivity index is 1.42. The SMILES string of the molecule is CCOC(CNC(=O)c1ccc2c(c1)ncn2-c1ccc(OCc2ccccc2)cc1)OCC. The summed E-state index contributed by atoms with van der Waals surface area (Å²) in [6, 6.07) is 23.4. The summed E-state index contributed by atoms with van der Waals surface area (Å²) in [5.41, 5.74) is 4.27. The van der Waals surface area contributed by atoms with Gasteiger partial charge in [0.1, 0.15) is 18.7 Å². The van der Waals surface area contributed by atoms with Crippen molar-refractivity contribution in [1.29, 1.82) is 0 Å². The smallest absolute Gasteiger partial charge is 0.251 e. The molecule has 0 spiro atoms. The molecule has 7 heteroatoms. The Morgan fingerprint density at radius 1 is 0.971 bits per heavy atom. The summed E-state index contributed by atoms with van der Waals surface area (Å²) < 4.78 is 18.8. The van der Waals surface area contributed by atoms with Gasteiger partial charge >= 0.3 is 0 Å². The summed E-state index contributed by atoms with van der Waals surface area (Å²) in [5.74, 6) is 0.606. The molecule has 176 valence electrons. The van der Waals surface area contributed by atoms with Gasteiger partial charge in [0.05, 0.1) is 17.6 Å². The normalized spacial score (nSPS) is 11.1. The van der Waals surface area contributed by atoms with Crippen molar-refractivity contribution in [1.82, 2.24) is 14.9 Å². The van der Waals surface area contributed by atoms with Crippen LogP contribution in [0.5, 0.6) is 5.75 Å². The van der Waals surface area contributed by atoms with E-state index in [9.17, 15) is 4.79 Å². The molecule has 0 aliphatic heterocycles. The van der Waals surface area contributed by atoms with Crippen molar-refractivity contribution in [3.05, 3.63) is 90.3 Å². The van der Waals surface area contributed by atoms with Crippen LogP contribution in [0.15, 0.2) is 79.1 Å². The van der Waals surface area contributed by atoms with Gasteiger partial charge in [-0.3, -0.25) is 9.36 Å². The van der Waals surface area contributed by atoms with E-state index in [0.717, 1.165) is 28.0 Å². The van der Waals surface area contributed by atoms with Gasteiger partial charge in [-0.2, -0.15) is 0 Å². The lowest BCUT2D eigenvalue weighted by molar-refractivity contribution is -0.131. The third-order valence-corrected chi connectivity index (χ3v) is 5.31. The number of nitrogens with one attached hydrogen (secondary N) is 1. The van der Waals surface area contributed by atoms with Gasteiger partial charge in [-0.05, 0) is 61.9 Å². The molecule has 0 aliphatic rings. The zero-order chi connectivity index (χ0) is 23.8. The van der Waals surface area contributed by atoms with Crippen molar-refractivity contribution in [3.63, 3.8) is 0 Å². The van der Waals surface area contributed by atoms with Gasteiger partial charge < -0.3 is 19.5 Å². The van der Waals surface area contributed by atoms with Crippen LogP contribution in [-0.2, 0) is 16.1 Å². The van der Waals surface area contributed by atoms with E-state index in [0.29, 0.717) is 25.4 Å². The number of fused-ring (bicyclic) bond motifs is 1. The molecule has 4 rings (SSSR count).